The molecule has 164 valence electrons. The molecule has 0 saturated heterocycles. The van der Waals surface area contributed by atoms with Crippen LogP contribution >= 0.6 is 0 Å². The van der Waals surface area contributed by atoms with E-state index in [0.29, 0.717) is 47.7 Å². The van der Waals surface area contributed by atoms with Crippen molar-refractivity contribution < 1.29 is 19.4 Å². The molecule has 4 aliphatic carbocycles. The predicted octanol–water partition coefficient (Wildman–Crippen LogP) is 4.77. The number of ether oxygens (including phenoxy) is 1. The van der Waals surface area contributed by atoms with Gasteiger partial charge in [0.1, 0.15) is 5.78 Å². The highest BCUT2D eigenvalue weighted by Gasteiger charge is 2.63. The number of ketones is 1. The first-order valence-electron chi connectivity index (χ1n) is 12.0. The van der Waals surface area contributed by atoms with E-state index in [1.165, 1.54) is 32.8 Å². The van der Waals surface area contributed by atoms with Crippen molar-refractivity contribution in [3.8, 4) is 0 Å². The molecule has 0 radical (unpaired) electrons. The van der Waals surface area contributed by atoms with E-state index in [0.717, 1.165) is 32.1 Å². The van der Waals surface area contributed by atoms with Crippen LogP contribution in [0.1, 0.15) is 85.0 Å². The average Bonchev–Trinajstić information content (AvgIpc) is 3.06. The molecule has 9 atom stereocenters. The van der Waals surface area contributed by atoms with E-state index in [9.17, 15) is 14.7 Å². The number of hydrogen-bond acceptors (Lipinski definition) is 4. The zero-order valence-corrected chi connectivity index (χ0v) is 18.8. The van der Waals surface area contributed by atoms with Crippen molar-refractivity contribution in [3.05, 3.63) is 0 Å². The maximum atomic E-state index is 12.1. The fourth-order valence-corrected chi connectivity index (χ4v) is 8.62. The van der Waals surface area contributed by atoms with Crippen molar-refractivity contribution in [2.24, 2.45) is 46.3 Å². The van der Waals surface area contributed by atoms with Crippen LogP contribution in [0.25, 0.3) is 0 Å². The third-order valence-corrected chi connectivity index (χ3v) is 10.4. The highest BCUT2D eigenvalue weighted by atomic mass is 16.5. The zero-order valence-electron chi connectivity index (χ0n) is 18.8. The Labute approximate surface area is 176 Å². The van der Waals surface area contributed by atoms with Crippen LogP contribution in [0.2, 0.25) is 0 Å². The second-order valence-electron chi connectivity index (χ2n) is 11.3. The highest BCUT2D eigenvalue weighted by Crippen LogP contribution is 2.68. The molecule has 0 spiro atoms. The van der Waals surface area contributed by atoms with Crippen molar-refractivity contribution in [3.63, 3.8) is 0 Å². The van der Waals surface area contributed by atoms with Crippen molar-refractivity contribution in [2.45, 2.75) is 91.1 Å². The molecule has 0 unspecified atom stereocenters. The van der Waals surface area contributed by atoms with Crippen LogP contribution in [-0.4, -0.2) is 30.1 Å². The summed E-state index contributed by atoms with van der Waals surface area (Å²) in [7, 11) is 1.46. The minimum absolute atomic E-state index is 0.0373. The van der Waals surface area contributed by atoms with Gasteiger partial charge in [-0.3, -0.25) is 9.59 Å². The summed E-state index contributed by atoms with van der Waals surface area (Å²) in [5, 5.41) is 11.5. The first kappa shape index (κ1) is 21.3. The molecule has 4 saturated carbocycles. The highest BCUT2D eigenvalue weighted by molar-refractivity contribution is 5.79. The smallest absolute Gasteiger partial charge is 0.305 e. The molecule has 0 aliphatic heterocycles. The number of fused-ring (bicyclic) bond motifs is 5. The lowest BCUT2D eigenvalue weighted by atomic mass is 9.44. The number of aliphatic hydroxyl groups is 1. The van der Waals surface area contributed by atoms with E-state index >= 15 is 0 Å². The van der Waals surface area contributed by atoms with E-state index in [1.807, 2.05) is 0 Å². The maximum Gasteiger partial charge on any atom is 0.305 e. The molecule has 4 heteroatoms. The number of carbonyl (C=O) groups excluding carboxylic acids is 2. The van der Waals surface area contributed by atoms with Crippen LogP contribution < -0.4 is 0 Å². The minimum atomic E-state index is -0.268. The Morgan fingerprint density at radius 1 is 1.21 bits per heavy atom. The topological polar surface area (TPSA) is 63.6 Å². The molecular formula is C25H40O4. The Morgan fingerprint density at radius 3 is 2.69 bits per heavy atom. The Kier molecular flexibility index (Phi) is 5.63. The molecule has 29 heavy (non-hydrogen) atoms. The first-order valence-corrected chi connectivity index (χ1v) is 12.0. The van der Waals surface area contributed by atoms with Gasteiger partial charge >= 0.3 is 5.97 Å². The quantitative estimate of drug-likeness (QED) is 0.685. The van der Waals surface area contributed by atoms with Gasteiger partial charge in [0, 0.05) is 19.3 Å². The largest absolute Gasteiger partial charge is 0.469 e. The van der Waals surface area contributed by atoms with Crippen molar-refractivity contribution in [1.29, 1.82) is 0 Å². The summed E-state index contributed by atoms with van der Waals surface area (Å²) in [5.41, 5.74) is 0.193. The van der Waals surface area contributed by atoms with Crippen LogP contribution in [-0.2, 0) is 14.3 Å². The van der Waals surface area contributed by atoms with E-state index in [2.05, 4.69) is 20.8 Å². The number of Topliss-reactive ketones (excluding diaryl/α,β-unsaturated/α-hetero) is 1. The van der Waals surface area contributed by atoms with Crippen LogP contribution in [0, 0.1) is 46.3 Å². The monoisotopic (exact) mass is 404 g/mol. The zero-order chi connectivity index (χ0) is 21.0. The van der Waals surface area contributed by atoms with Gasteiger partial charge < -0.3 is 9.84 Å². The molecule has 0 aromatic heterocycles. The predicted molar refractivity (Wildman–Crippen MR) is 112 cm³/mol. The number of rotatable bonds is 4. The van der Waals surface area contributed by atoms with E-state index in [1.54, 1.807) is 0 Å². The van der Waals surface area contributed by atoms with Crippen LogP contribution in [0.3, 0.4) is 0 Å². The normalized spacial score (nSPS) is 47.7. The molecular weight excluding hydrogens is 364 g/mol. The van der Waals surface area contributed by atoms with Gasteiger partial charge in [-0.2, -0.15) is 0 Å². The summed E-state index contributed by atoms with van der Waals surface area (Å²) in [6.45, 7) is 7.05. The average molecular weight is 405 g/mol. The standard InChI is InChI=1S/C25H40O4/c1-15(5-10-23(28)29-4)19-8-9-20-18-7-6-16-13-17(26)11-12-24(16,2)21(18)14-22(27)25(19,20)3/h15-16,18-22,27H,5-14H2,1-4H3/t15-,16+,18-,19-,20-,21-,22+,24-,25+/m0/s1. The molecule has 4 nitrogen and oxygen atoms in total. The first-order chi connectivity index (χ1) is 13.7. The third kappa shape index (κ3) is 3.28. The Hall–Kier alpha value is -0.900. The van der Waals surface area contributed by atoms with Gasteiger partial charge in [0.15, 0.2) is 0 Å². The lowest BCUT2D eigenvalue weighted by Crippen LogP contribution is -2.58. The number of methoxy groups -OCH3 is 1. The second-order valence-corrected chi connectivity index (χ2v) is 11.3. The third-order valence-electron chi connectivity index (χ3n) is 10.4. The fourth-order valence-electron chi connectivity index (χ4n) is 8.62. The molecule has 1 N–H and O–H groups in total. The van der Waals surface area contributed by atoms with E-state index in [4.69, 9.17) is 4.74 Å². The SMILES string of the molecule is COC(=O)CC[C@H](C)[C@@H]1CC[C@H]2[C@@H]3CC[C@@H]4CC(=O)CC[C@]4(C)[C@H]3C[C@@H](O)[C@@]21C. The summed E-state index contributed by atoms with van der Waals surface area (Å²) < 4.78 is 4.84. The number of esters is 1. The van der Waals surface area contributed by atoms with Crippen LogP contribution in [0.5, 0.6) is 0 Å². The summed E-state index contributed by atoms with van der Waals surface area (Å²) in [6.07, 6.45) is 9.29. The molecule has 4 rings (SSSR count). The van der Waals surface area contributed by atoms with Gasteiger partial charge in [0.25, 0.3) is 0 Å². The maximum absolute atomic E-state index is 12.1. The van der Waals surface area contributed by atoms with Crippen molar-refractivity contribution >= 4 is 11.8 Å². The Morgan fingerprint density at radius 2 is 1.97 bits per heavy atom. The Balaban J connectivity index is 1.54. The summed E-state index contributed by atoms with van der Waals surface area (Å²) in [4.78, 5) is 23.7. The van der Waals surface area contributed by atoms with E-state index in [-0.39, 0.29) is 22.9 Å². The van der Waals surface area contributed by atoms with E-state index < -0.39 is 0 Å². The molecule has 0 amide bonds. The number of aliphatic hydroxyl groups excluding tert-OH is 1. The summed E-state index contributed by atoms with van der Waals surface area (Å²) >= 11 is 0. The number of hydrogen-bond donors (Lipinski definition) is 1. The summed E-state index contributed by atoms with van der Waals surface area (Å²) in [6, 6.07) is 0. The Bertz CT molecular complexity index is 659. The van der Waals surface area contributed by atoms with Gasteiger partial charge in [0.2, 0.25) is 0 Å². The lowest BCUT2D eigenvalue weighted by molar-refractivity contribution is -0.171. The van der Waals surface area contributed by atoms with Crippen molar-refractivity contribution in [1.82, 2.24) is 0 Å². The summed E-state index contributed by atoms with van der Waals surface area (Å²) in [5.74, 6) is 3.59. The molecule has 0 heterocycles. The van der Waals surface area contributed by atoms with Crippen molar-refractivity contribution in [2.75, 3.05) is 7.11 Å². The fraction of sp³-hybridized carbons (Fsp3) is 0.920. The van der Waals surface area contributed by atoms with Gasteiger partial charge in [-0.25, -0.2) is 0 Å². The van der Waals surface area contributed by atoms with Gasteiger partial charge in [-0.05, 0) is 91.3 Å². The second kappa shape index (κ2) is 7.66. The van der Waals surface area contributed by atoms with Crippen LogP contribution in [0.4, 0.5) is 0 Å². The lowest BCUT2D eigenvalue weighted by Gasteiger charge is -2.62. The van der Waals surface area contributed by atoms with Gasteiger partial charge in [-0.1, -0.05) is 20.8 Å². The molecule has 0 bridgehead atoms. The van der Waals surface area contributed by atoms with Crippen LogP contribution in [0.15, 0.2) is 0 Å². The molecule has 0 aromatic carbocycles. The number of carbonyl (C=O) groups is 2. The minimum Gasteiger partial charge on any atom is -0.469 e. The molecule has 4 fully saturated rings. The molecule has 0 aromatic rings. The van der Waals surface area contributed by atoms with Gasteiger partial charge in [-0.15, -0.1) is 0 Å². The van der Waals surface area contributed by atoms with Gasteiger partial charge in [0.05, 0.1) is 13.2 Å². The molecule has 4 aliphatic rings.